The van der Waals surface area contributed by atoms with Crippen molar-refractivity contribution in [1.82, 2.24) is 4.98 Å². The maximum atomic E-state index is 14.1. The fraction of sp³-hybridized carbons (Fsp3) is 0.333. The number of carbonyl (C=O) groups excluding carboxylic acids is 1. The Bertz CT molecular complexity index is 1020. The van der Waals surface area contributed by atoms with Gasteiger partial charge >= 0.3 is 6.18 Å². The van der Waals surface area contributed by atoms with Crippen molar-refractivity contribution in [3.63, 3.8) is 0 Å². The van der Waals surface area contributed by atoms with Crippen molar-refractivity contribution in [1.29, 1.82) is 0 Å². The minimum Gasteiger partial charge on any atom is -0.491 e. The molecule has 1 aromatic carbocycles. The van der Waals surface area contributed by atoms with Gasteiger partial charge in [-0.25, -0.2) is 18.7 Å². The fourth-order valence-corrected chi connectivity index (χ4v) is 3.76. The lowest BCUT2D eigenvalue weighted by Crippen LogP contribution is -2.40. The van der Waals surface area contributed by atoms with E-state index in [1.807, 2.05) is 0 Å². The molecule has 3 rings (SSSR count). The molecule has 1 aromatic heterocycles. The van der Waals surface area contributed by atoms with Crippen LogP contribution in [0.5, 0.6) is 5.75 Å². The molecule has 31 heavy (non-hydrogen) atoms. The molecule has 1 fully saturated rings. The van der Waals surface area contributed by atoms with Crippen LogP contribution < -0.4 is 20.1 Å². The molecule has 1 aliphatic heterocycles. The molecule has 2 aromatic rings. The molecule has 0 radical (unpaired) electrons. The Morgan fingerprint density at radius 2 is 2.03 bits per heavy atom. The second-order valence-corrected chi connectivity index (χ2v) is 7.74. The summed E-state index contributed by atoms with van der Waals surface area (Å²) in [4.78, 5) is 17.6. The summed E-state index contributed by atoms with van der Waals surface area (Å²) in [6, 6.07) is 2.98. The number of carbonyl (C=O) groups is 1. The van der Waals surface area contributed by atoms with E-state index >= 15 is 0 Å². The molecule has 1 amide bonds. The van der Waals surface area contributed by atoms with E-state index in [1.165, 1.54) is 18.3 Å². The molecule has 13 heteroatoms. The monoisotopic (exact) mass is 464 g/mol. The van der Waals surface area contributed by atoms with Crippen LogP contribution in [-0.2, 0) is 15.8 Å². The van der Waals surface area contributed by atoms with E-state index in [9.17, 15) is 31.0 Å². The lowest BCUT2D eigenvalue weighted by molar-refractivity contribution is -0.168. The van der Waals surface area contributed by atoms with E-state index in [4.69, 9.17) is 9.88 Å². The van der Waals surface area contributed by atoms with Crippen LogP contribution in [0, 0.1) is 17.6 Å². The number of hydrogen-bond donors (Lipinski definition) is 2. The van der Waals surface area contributed by atoms with Gasteiger partial charge in [-0.2, -0.15) is 17.6 Å². The average Bonchev–Trinajstić information content (AvgIpc) is 3.16. The molecule has 1 aliphatic rings. The van der Waals surface area contributed by atoms with Gasteiger partial charge < -0.3 is 15.0 Å². The standard InChI is InChI=1S/C18H17F5N4O3S/c1-30-16-12(3-2-11(19)15(16)20)27-8-9(18(21,22)23)6-13(27)17(28)26-10-4-5-25-14(7-10)31(24)29/h2-5,7,9,13H,6,8,24H2,1H3,(H,25,26,28). The summed E-state index contributed by atoms with van der Waals surface area (Å²) in [6.45, 7) is -0.655. The van der Waals surface area contributed by atoms with E-state index in [0.29, 0.717) is 0 Å². The van der Waals surface area contributed by atoms with Crippen LogP contribution in [0.15, 0.2) is 35.5 Å². The molecule has 0 spiro atoms. The summed E-state index contributed by atoms with van der Waals surface area (Å²) in [6.07, 6.45) is -4.00. The van der Waals surface area contributed by atoms with E-state index in [0.717, 1.165) is 24.1 Å². The first kappa shape index (κ1) is 22.9. The number of benzene rings is 1. The molecular formula is C18H17F5N4O3S. The lowest BCUT2D eigenvalue weighted by Gasteiger charge is -2.27. The topological polar surface area (TPSA) is 97.6 Å². The van der Waals surface area contributed by atoms with Gasteiger partial charge in [-0.3, -0.25) is 4.79 Å². The van der Waals surface area contributed by atoms with E-state index in [2.05, 4.69) is 10.3 Å². The van der Waals surface area contributed by atoms with Crippen molar-refractivity contribution in [2.45, 2.75) is 23.7 Å². The maximum Gasteiger partial charge on any atom is 0.393 e. The van der Waals surface area contributed by atoms with Crippen LogP contribution >= 0.6 is 0 Å². The van der Waals surface area contributed by atoms with E-state index < -0.39 is 65.4 Å². The number of anilines is 2. The summed E-state index contributed by atoms with van der Waals surface area (Å²) in [7, 11) is -0.894. The first-order valence-electron chi connectivity index (χ1n) is 8.81. The fourth-order valence-electron chi connectivity index (χ4n) is 3.35. The number of aromatic nitrogens is 1. The highest BCUT2D eigenvalue weighted by Crippen LogP contribution is 2.43. The van der Waals surface area contributed by atoms with E-state index in [1.54, 1.807) is 0 Å². The third kappa shape index (κ3) is 4.77. The zero-order valence-corrected chi connectivity index (χ0v) is 16.8. The highest BCUT2D eigenvalue weighted by molar-refractivity contribution is 7.82. The normalized spacial score (nSPS) is 19.9. The van der Waals surface area contributed by atoms with E-state index in [-0.39, 0.29) is 16.4 Å². The Morgan fingerprint density at radius 3 is 2.65 bits per heavy atom. The van der Waals surface area contributed by atoms with Crippen molar-refractivity contribution >= 4 is 28.3 Å². The number of ether oxygens (including phenoxy) is 1. The number of halogens is 5. The van der Waals surface area contributed by atoms with Crippen LogP contribution in [0.25, 0.3) is 0 Å². The summed E-state index contributed by atoms with van der Waals surface area (Å²) < 4.78 is 84.1. The van der Waals surface area contributed by atoms with Crippen molar-refractivity contribution in [2.75, 3.05) is 23.9 Å². The smallest absolute Gasteiger partial charge is 0.393 e. The Morgan fingerprint density at radius 1 is 1.32 bits per heavy atom. The summed E-state index contributed by atoms with van der Waals surface area (Å²) in [5, 5.41) is 7.62. The predicted molar refractivity (Wildman–Crippen MR) is 102 cm³/mol. The largest absolute Gasteiger partial charge is 0.491 e. The zero-order valence-electron chi connectivity index (χ0n) is 16.0. The Hall–Kier alpha value is -2.80. The second kappa shape index (κ2) is 8.75. The molecule has 7 nitrogen and oxygen atoms in total. The van der Waals surface area contributed by atoms with Gasteiger partial charge in [0.25, 0.3) is 0 Å². The Balaban J connectivity index is 1.96. The Labute approximate surface area is 176 Å². The van der Waals surface area contributed by atoms with Gasteiger partial charge in [0.2, 0.25) is 11.7 Å². The average molecular weight is 464 g/mol. The molecule has 0 bridgehead atoms. The summed E-state index contributed by atoms with van der Waals surface area (Å²) >= 11 is 0. The van der Waals surface area contributed by atoms with Gasteiger partial charge in [0.1, 0.15) is 22.1 Å². The van der Waals surface area contributed by atoms with Crippen LogP contribution in [0.2, 0.25) is 0 Å². The third-order valence-electron chi connectivity index (χ3n) is 4.82. The molecule has 168 valence electrons. The van der Waals surface area contributed by atoms with Crippen LogP contribution in [0.3, 0.4) is 0 Å². The number of pyridine rings is 1. The minimum atomic E-state index is -4.61. The number of nitrogens with one attached hydrogen (secondary N) is 1. The van der Waals surface area contributed by atoms with Gasteiger partial charge in [0.15, 0.2) is 11.6 Å². The number of nitrogens with two attached hydrogens (primary N) is 1. The zero-order chi connectivity index (χ0) is 22.9. The van der Waals surface area contributed by atoms with Crippen molar-refractivity contribution in [2.24, 2.45) is 11.1 Å². The first-order valence-corrected chi connectivity index (χ1v) is 10.0. The summed E-state index contributed by atoms with van der Waals surface area (Å²) in [5.74, 6) is -5.94. The third-order valence-corrected chi connectivity index (χ3v) is 5.45. The molecular weight excluding hydrogens is 447 g/mol. The number of rotatable bonds is 5. The van der Waals surface area contributed by atoms with Crippen LogP contribution in [0.4, 0.5) is 33.3 Å². The predicted octanol–water partition coefficient (Wildman–Crippen LogP) is 2.75. The molecule has 3 N–H and O–H groups in total. The number of amides is 1. The van der Waals surface area contributed by atoms with Crippen LogP contribution in [0.1, 0.15) is 6.42 Å². The second-order valence-electron chi connectivity index (χ2n) is 6.73. The molecule has 2 heterocycles. The van der Waals surface area contributed by atoms with Crippen molar-refractivity contribution in [3.8, 4) is 5.75 Å². The van der Waals surface area contributed by atoms with Gasteiger partial charge in [-0.05, 0) is 30.7 Å². The quantitative estimate of drug-likeness (QED) is 0.664. The Kier molecular flexibility index (Phi) is 6.46. The summed E-state index contributed by atoms with van der Waals surface area (Å²) in [5.41, 5.74) is -0.0757. The lowest BCUT2D eigenvalue weighted by atomic mass is 10.0. The van der Waals surface area contributed by atoms with Crippen molar-refractivity contribution < 1.29 is 35.7 Å². The maximum absolute atomic E-state index is 14.1. The highest BCUT2D eigenvalue weighted by Gasteiger charge is 2.50. The molecule has 1 saturated heterocycles. The van der Waals surface area contributed by atoms with Gasteiger partial charge in [0.05, 0.1) is 18.7 Å². The molecule has 3 unspecified atom stereocenters. The molecule has 3 atom stereocenters. The van der Waals surface area contributed by atoms with Gasteiger partial charge in [0, 0.05) is 18.4 Å². The molecule has 0 aliphatic carbocycles. The first-order chi connectivity index (χ1) is 14.5. The number of methoxy groups -OCH3 is 1. The molecule has 0 saturated carbocycles. The number of nitrogens with zero attached hydrogens (tertiary/aromatic N) is 2. The van der Waals surface area contributed by atoms with Gasteiger partial charge in [-0.15, -0.1) is 0 Å². The SMILES string of the molecule is COc1c(N2CC(C(F)(F)F)CC2C(=O)Nc2ccnc(S(N)=O)c2)ccc(F)c1F. The minimum absolute atomic E-state index is 0.0449. The van der Waals surface area contributed by atoms with Crippen molar-refractivity contribution in [3.05, 3.63) is 42.1 Å². The number of alkyl halides is 3. The van der Waals surface area contributed by atoms with Gasteiger partial charge in [-0.1, -0.05) is 0 Å². The van der Waals surface area contributed by atoms with Crippen LogP contribution in [-0.4, -0.2) is 41.0 Å². The highest BCUT2D eigenvalue weighted by atomic mass is 32.2. The number of hydrogen-bond acceptors (Lipinski definition) is 5.